The molecule has 138 valence electrons. The van der Waals surface area contributed by atoms with E-state index >= 15 is 0 Å². The van der Waals surface area contributed by atoms with Gasteiger partial charge in [-0.25, -0.2) is 4.79 Å². The fourth-order valence-corrected chi connectivity index (χ4v) is 1.76. The van der Waals surface area contributed by atoms with E-state index in [0.717, 1.165) is 0 Å². The van der Waals surface area contributed by atoms with Crippen LogP contribution in [0.2, 0.25) is 0 Å². The summed E-state index contributed by atoms with van der Waals surface area (Å²) in [7, 11) is 1.66. The SMILES string of the molecule is CN(CCOCCC(CCO)OC(C)(C)O)C(=O)OC(C)(C)C. The second kappa shape index (κ2) is 10.1. The van der Waals surface area contributed by atoms with E-state index in [1.807, 2.05) is 20.8 Å². The lowest BCUT2D eigenvalue weighted by molar-refractivity contribution is -0.211. The average Bonchev–Trinajstić information content (AvgIpc) is 2.34. The first-order valence-corrected chi connectivity index (χ1v) is 7.97. The van der Waals surface area contributed by atoms with Crippen molar-refractivity contribution in [3.8, 4) is 0 Å². The first-order valence-electron chi connectivity index (χ1n) is 7.97. The predicted octanol–water partition coefficient (Wildman–Crippen LogP) is 1.76. The summed E-state index contributed by atoms with van der Waals surface area (Å²) in [5.74, 6) is -1.24. The third-order valence-electron chi connectivity index (χ3n) is 2.77. The van der Waals surface area contributed by atoms with Crippen molar-refractivity contribution in [2.75, 3.05) is 33.4 Å². The van der Waals surface area contributed by atoms with Gasteiger partial charge in [-0.15, -0.1) is 0 Å². The minimum atomic E-state index is -1.24. The molecular weight excluding hydrogens is 302 g/mol. The summed E-state index contributed by atoms with van der Waals surface area (Å²) in [6, 6.07) is 0. The maximum absolute atomic E-state index is 11.7. The Balaban J connectivity index is 3.95. The summed E-state index contributed by atoms with van der Waals surface area (Å²) in [6.45, 7) is 9.76. The van der Waals surface area contributed by atoms with Crippen molar-refractivity contribution in [3.05, 3.63) is 0 Å². The van der Waals surface area contributed by atoms with Gasteiger partial charge in [0, 0.05) is 26.8 Å². The van der Waals surface area contributed by atoms with E-state index in [-0.39, 0.29) is 18.8 Å². The van der Waals surface area contributed by atoms with E-state index in [0.29, 0.717) is 32.6 Å². The molecular formula is C16H33NO6. The van der Waals surface area contributed by atoms with Crippen LogP contribution in [-0.4, -0.2) is 72.1 Å². The van der Waals surface area contributed by atoms with Crippen LogP contribution in [0, 0.1) is 0 Å². The van der Waals surface area contributed by atoms with E-state index in [1.54, 1.807) is 20.9 Å². The van der Waals surface area contributed by atoms with Gasteiger partial charge < -0.3 is 29.3 Å². The van der Waals surface area contributed by atoms with Gasteiger partial charge in [0.25, 0.3) is 0 Å². The van der Waals surface area contributed by atoms with Crippen LogP contribution in [0.1, 0.15) is 47.5 Å². The van der Waals surface area contributed by atoms with Crippen LogP contribution in [0.15, 0.2) is 0 Å². The van der Waals surface area contributed by atoms with Crippen LogP contribution < -0.4 is 0 Å². The van der Waals surface area contributed by atoms with Gasteiger partial charge >= 0.3 is 6.09 Å². The number of hydrogen-bond acceptors (Lipinski definition) is 6. The van der Waals surface area contributed by atoms with Gasteiger partial charge in [-0.2, -0.15) is 0 Å². The Morgan fingerprint density at radius 2 is 1.74 bits per heavy atom. The van der Waals surface area contributed by atoms with Gasteiger partial charge in [0.05, 0.1) is 12.7 Å². The Hall–Kier alpha value is -0.890. The number of carbonyl (C=O) groups is 1. The molecule has 0 bridgehead atoms. The van der Waals surface area contributed by atoms with Crippen molar-refractivity contribution >= 4 is 6.09 Å². The molecule has 0 rings (SSSR count). The van der Waals surface area contributed by atoms with Crippen LogP contribution in [0.25, 0.3) is 0 Å². The smallest absolute Gasteiger partial charge is 0.410 e. The van der Waals surface area contributed by atoms with E-state index in [1.165, 1.54) is 4.90 Å². The molecule has 0 aromatic carbocycles. The molecule has 7 heteroatoms. The number of amides is 1. The molecule has 23 heavy (non-hydrogen) atoms. The highest BCUT2D eigenvalue weighted by Gasteiger charge is 2.21. The number of hydrogen-bond donors (Lipinski definition) is 2. The average molecular weight is 335 g/mol. The molecule has 0 saturated carbocycles. The van der Waals surface area contributed by atoms with E-state index in [4.69, 9.17) is 19.3 Å². The highest BCUT2D eigenvalue weighted by molar-refractivity contribution is 5.67. The van der Waals surface area contributed by atoms with Crippen molar-refractivity contribution < 1.29 is 29.2 Å². The summed E-state index contributed by atoms with van der Waals surface area (Å²) < 4.78 is 16.2. The minimum Gasteiger partial charge on any atom is -0.444 e. The second-order valence-electron chi connectivity index (χ2n) is 7.00. The molecule has 1 atom stereocenters. The highest BCUT2D eigenvalue weighted by atomic mass is 16.6. The van der Waals surface area contributed by atoms with Gasteiger partial charge in [0.2, 0.25) is 0 Å². The van der Waals surface area contributed by atoms with Gasteiger partial charge in [-0.3, -0.25) is 0 Å². The van der Waals surface area contributed by atoms with Crippen LogP contribution in [0.5, 0.6) is 0 Å². The van der Waals surface area contributed by atoms with E-state index in [9.17, 15) is 9.90 Å². The Labute approximate surface area is 139 Å². The quantitative estimate of drug-likeness (QED) is 0.467. The van der Waals surface area contributed by atoms with Gasteiger partial charge in [-0.1, -0.05) is 0 Å². The zero-order valence-corrected chi connectivity index (χ0v) is 15.3. The zero-order chi connectivity index (χ0) is 18.1. The Morgan fingerprint density at radius 1 is 1.13 bits per heavy atom. The number of likely N-dealkylation sites (N-methyl/N-ethyl adjacent to an activating group) is 1. The van der Waals surface area contributed by atoms with Crippen LogP contribution >= 0.6 is 0 Å². The first kappa shape index (κ1) is 22.1. The molecule has 1 amide bonds. The third kappa shape index (κ3) is 13.3. The molecule has 0 aliphatic carbocycles. The monoisotopic (exact) mass is 335 g/mol. The molecule has 2 N–H and O–H groups in total. The molecule has 0 spiro atoms. The Kier molecular flexibility index (Phi) is 9.68. The maximum Gasteiger partial charge on any atom is 0.410 e. The summed E-state index contributed by atoms with van der Waals surface area (Å²) in [6.07, 6.45) is 0.333. The number of aliphatic hydroxyl groups is 2. The van der Waals surface area contributed by atoms with Gasteiger partial charge in [-0.05, 0) is 47.5 Å². The number of rotatable bonds is 10. The normalized spacial score (nSPS) is 13.7. The molecule has 0 aromatic rings. The van der Waals surface area contributed by atoms with Crippen molar-refractivity contribution in [1.29, 1.82) is 0 Å². The minimum absolute atomic E-state index is 0.0118. The molecule has 1 unspecified atom stereocenters. The van der Waals surface area contributed by atoms with E-state index in [2.05, 4.69) is 0 Å². The Morgan fingerprint density at radius 3 is 2.22 bits per heavy atom. The third-order valence-corrected chi connectivity index (χ3v) is 2.77. The van der Waals surface area contributed by atoms with Crippen molar-refractivity contribution in [2.45, 2.75) is 65.0 Å². The summed E-state index contributed by atoms with van der Waals surface area (Å²) in [5.41, 5.74) is -0.516. The summed E-state index contributed by atoms with van der Waals surface area (Å²) in [4.78, 5) is 13.2. The number of nitrogens with zero attached hydrogens (tertiary/aromatic N) is 1. The summed E-state index contributed by atoms with van der Waals surface area (Å²) >= 11 is 0. The number of carbonyl (C=O) groups excluding carboxylic acids is 1. The lowest BCUT2D eigenvalue weighted by atomic mass is 10.2. The van der Waals surface area contributed by atoms with Crippen LogP contribution in [-0.2, 0) is 14.2 Å². The summed E-state index contributed by atoms with van der Waals surface area (Å²) in [5, 5.41) is 18.6. The number of aliphatic hydroxyl groups excluding tert-OH is 1. The lowest BCUT2D eigenvalue weighted by Gasteiger charge is -2.26. The fourth-order valence-electron chi connectivity index (χ4n) is 1.76. The lowest BCUT2D eigenvalue weighted by Crippen LogP contribution is -2.36. The molecule has 0 aliphatic rings. The van der Waals surface area contributed by atoms with Gasteiger partial charge in [0.15, 0.2) is 5.79 Å². The van der Waals surface area contributed by atoms with Gasteiger partial charge in [0.1, 0.15) is 5.60 Å². The molecule has 0 aliphatic heterocycles. The fraction of sp³-hybridized carbons (Fsp3) is 0.938. The van der Waals surface area contributed by atoms with Crippen LogP contribution in [0.3, 0.4) is 0 Å². The standard InChI is InChI=1S/C16H33NO6/c1-15(2,3)23-14(19)17(6)9-12-21-11-8-13(7-10-18)22-16(4,5)20/h13,18,20H,7-12H2,1-6H3. The number of ether oxygens (including phenoxy) is 3. The Bertz CT molecular complexity index is 334. The zero-order valence-electron chi connectivity index (χ0n) is 15.3. The predicted molar refractivity (Wildman–Crippen MR) is 87.2 cm³/mol. The first-order chi connectivity index (χ1) is 10.4. The molecule has 0 radical (unpaired) electrons. The largest absolute Gasteiger partial charge is 0.444 e. The van der Waals surface area contributed by atoms with Crippen LogP contribution in [0.4, 0.5) is 4.79 Å². The molecule has 7 nitrogen and oxygen atoms in total. The molecule has 0 aromatic heterocycles. The topological polar surface area (TPSA) is 88.5 Å². The van der Waals surface area contributed by atoms with E-state index < -0.39 is 11.4 Å². The maximum atomic E-state index is 11.7. The van der Waals surface area contributed by atoms with Crippen molar-refractivity contribution in [3.63, 3.8) is 0 Å². The van der Waals surface area contributed by atoms with Crippen molar-refractivity contribution in [2.24, 2.45) is 0 Å². The molecule has 0 heterocycles. The van der Waals surface area contributed by atoms with Crippen molar-refractivity contribution in [1.82, 2.24) is 4.90 Å². The highest BCUT2D eigenvalue weighted by Crippen LogP contribution is 2.13. The second-order valence-corrected chi connectivity index (χ2v) is 7.00. The molecule has 0 fully saturated rings. The molecule has 0 saturated heterocycles.